The lowest BCUT2D eigenvalue weighted by molar-refractivity contribution is -0.141. The molecule has 2 fully saturated rings. The maximum atomic E-state index is 6.83. The topological polar surface area (TPSA) is 18.5 Å². The van der Waals surface area contributed by atoms with Crippen LogP contribution in [0.5, 0.6) is 0 Å². The molecule has 0 spiro atoms. The molecule has 0 unspecified atom stereocenters. The van der Waals surface area contributed by atoms with E-state index in [9.17, 15) is 0 Å². The van der Waals surface area contributed by atoms with Gasteiger partial charge in [0.25, 0.3) is 0 Å². The maximum Gasteiger partial charge on any atom is 0.0687 e. The third-order valence-electron chi connectivity index (χ3n) is 7.65. The third-order valence-corrected chi connectivity index (χ3v) is 7.65. The second-order valence-corrected chi connectivity index (χ2v) is 11.3. The van der Waals surface area contributed by atoms with Crippen molar-refractivity contribution in [2.24, 2.45) is 0 Å². The fourth-order valence-corrected chi connectivity index (χ4v) is 6.16. The van der Waals surface area contributed by atoms with Crippen LogP contribution in [0.1, 0.15) is 117 Å². The standard InChI is InChI=1S/C28H46O2/c1-7-27(17-11-12-18-27)29-25(3,4)21-23-15-9-10-16-24(23)22-26(5,6)30-28(8-2)19-13-14-20-28/h9-10,15-16H,7-8,11-14,17-22H2,1-6H3. The lowest BCUT2D eigenvalue weighted by atomic mass is 9.87. The van der Waals surface area contributed by atoms with Crippen LogP contribution in [-0.2, 0) is 22.3 Å². The highest BCUT2D eigenvalue weighted by atomic mass is 16.5. The van der Waals surface area contributed by atoms with Gasteiger partial charge < -0.3 is 9.47 Å². The Morgan fingerprint density at radius 2 is 1.00 bits per heavy atom. The van der Waals surface area contributed by atoms with Crippen molar-refractivity contribution in [3.63, 3.8) is 0 Å². The molecule has 2 aliphatic rings. The molecule has 0 saturated heterocycles. The number of hydrogen-bond donors (Lipinski definition) is 0. The van der Waals surface area contributed by atoms with Gasteiger partial charge in [0.15, 0.2) is 0 Å². The van der Waals surface area contributed by atoms with Crippen molar-refractivity contribution in [3.05, 3.63) is 35.4 Å². The zero-order valence-electron chi connectivity index (χ0n) is 20.6. The highest BCUT2D eigenvalue weighted by Gasteiger charge is 2.40. The van der Waals surface area contributed by atoms with Gasteiger partial charge in [-0.2, -0.15) is 0 Å². The Labute approximate surface area is 186 Å². The minimum absolute atomic E-state index is 0.0941. The Balaban J connectivity index is 1.72. The third kappa shape index (κ3) is 5.88. The molecule has 30 heavy (non-hydrogen) atoms. The van der Waals surface area contributed by atoms with E-state index in [4.69, 9.17) is 9.47 Å². The van der Waals surface area contributed by atoms with E-state index in [1.54, 1.807) is 0 Å². The zero-order chi connectivity index (χ0) is 21.9. The molecule has 170 valence electrons. The summed E-state index contributed by atoms with van der Waals surface area (Å²) in [6.45, 7) is 13.7. The fourth-order valence-electron chi connectivity index (χ4n) is 6.16. The summed E-state index contributed by atoms with van der Waals surface area (Å²) >= 11 is 0. The van der Waals surface area contributed by atoms with E-state index in [2.05, 4.69) is 65.8 Å². The van der Waals surface area contributed by atoms with Gasteiger partial charge >= 0.3 is 0 Å². The molecule has 0 aromatic heterocycles. The molecule has 0 N–H and O–H groups in total. The molecule has 2 heteroatoms. The molecule has 0 amide bonds. The minimum atomic E-state index is -0.155. The van der Waals surface area contributed by atoms with E-state index in [0.717, 1.165) is 25.7 Å². The van der Waals surface area contributed by atoms with Gasteiger partial charge in [-0.3, -0.25) is 0 Å². The predicted molar refractivity (Wildman–Crippen MR) is 127 cm³/mol. The molecule has 1 aromatic carbocycles. The van der Waals surface area contributed by atoms with Crippen molar-refractivity contribution in [2.75, 3.05) is 0 Å². The van der Waals surface area contributed by atoms with Crippen LogP contribution < -0.4 is 0 Å². The summed E-state index contributed by atoms with van der Waals surface area (Å²) in [5.74, 6) is 0. The molecule has 2 saturated carbocycles. The van der Waals surface area contributed by atoms with Crippen LogP contribution in [0.2, 0.25) is 0 Å². The second kappa shape index (κ2) is 9.33. The Kier molecular flexibility index (Phi) is 7.40. The number of benzene rings is 1. The van der Waals surface area contributed by atoms with Crippen molar-refractivity contribution >= 4 is 0 Å². The van der Waals surface area contributed by atoms with Gasteiger partial charge in [0, 0.05) is 12.8 Å². The first-order chi connectivity index (χ1) is 14.1. The summed E-state index contributed by atoms with van der Waals surface area (Å²) in [5.41, 5.74) is 2.71. The van der Waals surface area contributed by atoms with Crippen LogP contribution >= 0.6 is 0 Å². The number of rotatable bonds is 10. The van der Waals surface area contributed by atoms with Crippen LogP contribution in [0, 0.1) is 0 Å². The molecule has 2 nitrogen and oxygen atoms in total. The zero-order valence-corrected chi connectivity index (χ0v) is 20.6. The van der Waals surface area contributed by atoms with Crippen LogP contribution in [0.4, 0.5) is 0 Å². The Bertz CT molecular complexity index is 617. The first kappa shape index (κ1) is 23.8. The molecule has 0 heterocycles. The van der Waals surface area contributed by atoms with E-state index in [0.29, 0.717) is 0 Å². The summed E-state index contributed by atoms with van der Waals surface area (Å²) in [5, 5.41) is 0. The smallest absolute Gasteiger partial charge is 0.0687 e. The summed E-state index contributed by atoms with van der Waals surface area (Å²) < 4.78 is 13.7. The van der Waals surface area contributed by atoms with Gasteiger partial charge in [-0.25, -0.2) is 0 Å². The van der Waals surface area contributed by atoms with Crippen molar-refractivity contribution in [1.29, 1.82) is 0 Å². The quantitative estimate of drug-likeness (QED) is 0.389. The van der Waals surface area contributed by atoms with Gasteiger partial charge in [0.05, 0.1) is 22.4 Å². The van der Waals surface area contributed by atoms with Gasteiger partial charge in [0.2, 0.25) is 0 Å². The average molecular weight is 415 g/mol. The van der Waals surface area contributed by atoms with Crippen LogP contribution in [0.25, 0.3) is 0 Å². The number of ether oxygens (including phenoxy) is 2. The van der Waals surface area contributed by atoms with E-state index >= 15 is 0 Å². The number of hydrogen-bond acceptors (Lipinski definition) is 2. The van der Waals surface area contributed by atoms with E-state index < -0.39 is 0 Å². The van der Waals surface area contributed by atoms with Gasteiger partial charge in [0.1, 0.15) is 0 Å². The van der Waals surface area contributed by atoms with Crippen LogP contribution in [-0.4, -0.2) is 22.4 Å². The Morgan fingerprint density at radius 1 is 0.667 bits per heavy atom. The molecule has 2 aliphatic carbocycles. The molecule has 0 atom stereocenters. The first-order valence-electron chi connectivity index (χ1n) is 12.6. The predicted octanol–water partition coefficient (Wildman–Crippen LogP) is 7.81. The summed E-state index contributed by atoms with van der Waals surface area (Å²) in [7, 11) is 0. The van der Waals surface area contributed by atoms with Gasteiger partial charge in [-0.1, -0.05) is 63.8 Å². The van der Waals surface area contributed by atoms with Crippen molar-refractivity contribution in [1.82, 2.24) is 0 Å². The summed E-state index contributed by atoms with van der Waals surface area (Å²) in [4.78, 5) is 0. The molecule has 0 radical (unpaired) electrons. The van der Waals surface area contributed by atoms with E-state index in [1.807, 2.05) is 0 Å². The Morgan fingerprint density at radius 3 is 1.30 bits per heavy atom. The Hall–Kier alpha value is -0.860. The normalized spacial score (nSPS) is 21.3. The summed E-state index contributed by atoms with van der Waals surface area (Å²) in [6, 6.07) is 8.96. The van der Waals surface area contributed by atoms with Gasteiger partial charge in [-0.15, -0.1) is 0 Å². The van der Waals surface area contributed by atoms with Crippen molar-refractivity contribution < 1.29 is 9.47 Å². The molecular weight excluding hydrogens is 368 g/mol. The van der Waals surface area contributed by atoms with Crippen LogP contribution in [0.3, 0.4) is 0 Å². The highest BCUT2D eigenvalue weighted by molar-refractivity contribution is 5.30. The van der Waals surface area contributed by atoms with Crippen molar-refractivity contribution in [3.8, 4) is 0 Å². The fraction of sp³-hybridized carbons (Fsp3) is 0.786. The molecule has 3 rings (SSSR count). The first-order valence-corrected chi connectivity index (χ1v) is 12.6. The largest absolute Gasteiger partial charge is 0.369 e. The second-order valence-electron chi connectivity index (χ2n) is 11.3. The highest BCUT2D eigenvalue weighted by Crippen LogP contribution is 2.41. The minimum Gasteiger partial charge on any atom is -0.369 e. The van der Waals surface area contributed by atoms with E-state index in [1.165, 1.54) is 62.5 Å². The summed E-state index contributed by atoms with van der Waals surface area (Å²) in [6.07, 6.45) is 14.3. The average Bonchev–Trinajstić information content (AvgIpc) is 3.33. The monoisotopic (exact) mass is 414 g/mol. The molecule has 1 aromatic rings. The van der Waals surface area contributed by atoms with E-state index in [-0.39, 0.29) is 22.4 Å². The van der Waals surface area contributed by atoms with Crippen molar-refractivity contribution in [2.45, 2.75) is 141 Å². The lowest BCUT2D eigenvalue weighted by Crippen LogP contribution is -2.42. The molecule has 0 bridgehead atoms. The molecule has 0 aliphatic heterocycles. The lowest BCUT2D eigenvalue weighted by Gasteiger charge is -2.40. The molecular formula is C28H46O2. The van der Waals surface area contributed by atoms with Gasteiger partial charge in [-0.05, 0) is 77.3 Å². The van der Waals surface area contributed by atoms with Crippen LogP contribution in [0.15, 0.2) is 24.3 Å². The maximum absolute atomic E-state index is 6.83. The SMILES string of the molecule is CCC1(OC(C)(C)Cc2ccccc2CC(C)(C)OC2(CC)CCCC2)CCCC1.